The van der Waals surface area contributed by atoms with Crippen LogP contribution in [0.25, 0.3) is 0 Å². The molecule has 3 N–H and O–H groups in total. The normalized spacial score (nSPS) is 11.6. The lowest BCUT2D eigenvalue weighted by atomic mass is 9.12. The van der Waals surface area contributed by atoms with Gasteiger partial charge in [-0.3, -0.25) is 0 Å². The fourth-order valence-electron chi connectivity index (χ4n) is 5.46. The molecule has 0 atom stereocenters. The second-order valence-electron chi connectivity index (χ2n) is 10.8. The monoisotopic (exact) mass is 787 g/mol. The summed E-state index contributed by atoms with van der Waals surface area (Å²) in [6.07, 6.45) is -7.22. The van der Waals surface area contributed by atoms with E-state index in [0.717, 1.165) is 5.69 Å². The van der Waals surface area contributed by atoms with Gasteiger partial charge in [-0.05, 0) is 19.1 Å². The van der Waals surface area contributed by atoms with Crippen LogP contribution >= 0.6 is 0 Å². The molecule has 0 aliphatic heterocycles. The van der Waals surface area contributed by atoms with E-state index >= 15 is 35.1 Å². The van der Waals surface area contributed by atoms with Gasteiger partial charge in [0, 0.05) is 0 Å². The zero-order chi connectivity index (χ0) is 40.3. The quantitative estimate of drug-likeness (QED) is 0.0909. The number of aryl methyl sites for hydroxylation is 1. The highest BCUT2D eigenvalue weighted by Crippen LogP contribution is 2.30. The number of rotatable bonds is 4. The Labute approximate surface area is 280 Å². The second-order valence-corrected chi connectivity index (χ2v) is 10.8. The zero-order valence-corrected chi connectivity index (χ0v) is 25.2. The van der Waals surface area contributed by atoms with Crippen molar-refractivity contribution in [2.75, 3.05) is 0 Å². The van der Waals surface area contributed by atoms with Crippen molar-refractivity contribution in [3.63, 3.8) is 0 Å². The third-order valence-corrected chi connectivity index (χ3v) is 7.83. The van der Waals surface area contributed by atoms with Gasteiger partial charge in [-0.15, -0.1) is 21.9 Å². The van der Waals surface area contributed by atoms with E-state index in [1.807, 2.05) is 12.1 Å². The lowest BCUT2D eigenvalue weighted by Crippen LogP contribution is -2.81. The average Bonchev–Trinajstić information content (AvgIpc) is 3.12. The van der Waals surface area contributed by atoms with Gasteiger partial charge in [0.25, 0.3) is 0 Å². The SMILES string of the molecule is Cc1ccc([NH3+])cc1.Fc1c(F)c(F)c([B-](c2c(F)c(F)c(F)c(F)c2F)(c2c(F)c(F)c(F)c(F)c2F)c2c(F)c(F)c(F)c(F)c2F)c(F)c1F. The Balaban J connectivity index is 0.000000692. The van der Waals surface area contributed by atoms with E-state index in [1.54, 1.807) is 0 Å². The molecule has 5 rings (SSSR count). The summed E-state index contributed by atoms with van der Waals surface area (Å²) >= 11 is 0. The van der Waals surface area contributed by atoms with Crippen molar-refractivity contribution < 1.29 is 93.5 Å². The largest absolute Gasteiger partial charge is 0.325 e. The highest BCUT2D eigenvalue weighted by atomic mass is 19.2. The van der Waals surface area contributed by atoms with Gasteiger partial charge >= 0.3 is 0 Å². The maximum atomic E-state index is 15.4. The number of quaternary nitrogens is 1. The van der Waals surface area contributed by atoms with Crippen molar-refractivity contribution in [1.29, 1.82) is 0 Å². The van der Waals surface area contributed by atoms with Gasteiger partial charge in [0.2, 0.25) is 0 Å². The first kappa shape index (κ1) is 40.5. The Kier molecular flexibility index (Phi) is 10.9. The first-order valence-corrected chi connectivity index (χ1v) is 13.6. The molecule has 5 aromatic rings. The molecule has 0 saturated carbocycles. The smallest absolute Gasteiger partial charge is 0.200 e. The minimum atomic E-state index is -7.22. The van der Waals surface area contributed by atoms with Gasteiger partial charge in [-0.25, -0.2) is 87.8 Å². The van der Waals surface area contributed by atoms with Crippen molar-refractivity contribution >= 4 is 33.7 Å². The van der Waals surface area contributed by atoms with Gasteiger partial charge in [0.05, 0.1) is 0 Å². The molecular weight excluding hydrogens is 777 g/mol. The maximum Gasteiger partial charge on any atom is 0.200 e. The number of benzene rings is 5. The molecule has 5 aromatic carbocycles. The van der Waals surface area contributed by atoms with E-state index in [9.17, 15) is 52.7 Å². The van der Waals surface area contributed by atoms with Crippen molar-refractivity contribution in [2.24, 2.45) is 0 Å². The van der Waals surface area contributed by atoms with Crippen LogP contribution in [0.3, 0.4) is 0 Å². The van der Waals surface area contributed by atoms with Crippen molar-refractivity contribution in [2.45, 2.75) is 6.92 Å². The van der Waals surface area contributed by atoms with Crippen molar-refractivity contribution in [1.82, 2.24) is 0 Å². The Morgan fingerprint density at radius 2 is 0.434 bits per heavy atom. The molecule has 0 saturated heterocycles. The van der Waals surface area contributed by atoms with E-state index in [4.69, 9.17) is 0 Å². The minimum absolute atomic E-state index is 1.08. The van der Waals surface area contributed by atoms with Crippen LogP contribution in [-0.2, 0) is 0 Å². The predicted molar refractivity (Wildman–Crippen MR) is 143 cm³/mol. The standard InChI is InChI=1S/C24BF20.C7H9N/c26-5-1(6(27)14(35)21(42)13(5)34)25(2-7(28)15(36)22(43)16(37)8(2)29,3-9(30)17(38)23(44)18(39)10(3)31)4-11(32)19(40)24(45)20(41)12(4)33;1-6-2-4-7(8)5-3-6/h;2-5H,8H2,1H3/q-1;/p+1. The lowest BCUT2D eigenvalue weighted by molar-refractivity contribution is -0.254. The summed E-state index contributed by atoms with van der Waals surface area (Å²) in [6, 6.07) is 8.13. The number of hydrogen-bond donors (Lipinski definition) is 1. The van der Waals surface area contributed by atoms with Gasteiger partial charge < -0.3 is 5.73 Å². The lowest BCUT2D eigenvalue weighted by Gasteiger charge is -2.44. The molecular formula is C31H10BF20N. The topological polar surface area (TPSA) is 27.6 Å². The molecule has 0 aromatic heterocycles. The number of hydrogen-bond acceptors (Lipinski definition) is 0. The fraction of sp³-hybridized carbons (Fsp3) is 0.0323. The van der Waals surface area contributed by atoms with Crippen molar-refractivity contribution in [3.8, 4) is 0 Å². The van der Waals surface area contributed by atoms with Crippen LogP contribution in [0.15, 0.2) is 24.3 Å². The molecule has 1 nitrogen and oxygen atoms in total. The van der Waals surface area contributed by atoms with E-state index in [2.05, 4.69) is 24.8 Å². The molecule has 22 heteroatoms. The molecule has 282 valence electrons. The molecule has 0 bridgehead atoms. The van der Waals surface area contributed by atoms with Crippen LogP contribution in [0.2, 0.25) is 0 Å². The van der Waals surface area contributed by atoms with Gasteiger partial charge in [-0.2, -0.15) is 0 Å². The Morgan fingerprint density at radius 3 is 0.585 bits per heavy atom. The summed E-state index contributed by atoms with van der Waals surface area (Å²) in [4.78, 5) is 0. The number of halogens is 20. The summed E-state index contributed by atoms with van der Waals surface area (Å²) < 4.78 is 294. The first-order chi connectivity index (χ1) is 24.5. The van der Waals surface area contributed by atoms with Crippen LogP contribution in [-0.4, -0.2) is 6.15 Å². The van der Waals surface area contributed by atoms with Crippen LogP contribution in [0.1, 0.15) is 5.56 Å². The molecule has 0 amide bonds. The highest BCUT2D eigenvalue weighted by Gasteiger charge is 2.52. The van der Waals surface area contributed by atoms with Gasteiger partial charge in [-0.1, -0.05) is 17.7 Å². The van der Waals surface area contributed by atoms with Gasteiger partial charge in [0.15, 0.2) is 69.8 Å². The van der Waals surface area contributed by atoms with Crippen LogP contribution in [0, 0.1) is 123 Å². The van der Waals surface area contributed by atoms with Crippen LogP contribution in [0.5, 0.6) is 0 Å². The van der Waals surface area contributed by atoms with Crippen LogP contribution < -0.4 is 27.6 Å². The average molecular weight is 787 g/mol. The Bertz CT molecular complexity index is 1910. The van der Waals surface area contributed by atoms with Crippen molar-refractivity contribution in [3.05, 3.63) is 146 Å². The van der Waals surface area contributed by atoms with E-state index in [-0.39, 0.29) is 0 Å². The molecule has 0 aliphatic rings. The second kappa shape index (κ2) is 14.3. The summed E-state index contributed by atoms with van der Waals surface area (Å²) in [7, 11) is 0. The fourth-order valence-corrected chi connectivity index (χ4v) is 5.46. The predicted octanol–water partition coefficient (Wildman–Crippen LogP) is 6.71. The third kappa shape index (κ3) is 6.01. The third-order valence-electron chi connectivity index (χ3n) is 7.83. The molecule has 0 spiro atoms. The molecule has 0 heterocycles. The molecule has 53 heavy (non-hydrogen) atoms. The highest BCUT2D eigenvalue weighted by molar-refractivity contribution is 7.20. The minimum Gasteiger partial charge on any atom is -0.325 e. The van der Waals surface area contributed by atoms with E-state index < -0.39 is 144 Å². The summed E-state index contributed by atoms with van der Waals surface area (Å²) in [5, 5.41) is 0. The zero-order valence-electron chi connectivity index (χ0n) is 25.2. The molecule has 0 fully saturated rings. The molecule has 0 aliphatic carbocycles. The summed E-state index contributed by atoms with van der Waals surface area (Å²) in [6.45, 7) is 2.07. The Morgan fingerprint density at radius 1 is 0.283 bits per heavy atom. The van der Waals surface area contributed by atoms with Crippen LogP contribution in [0.4, 0.5) is 93.5 Å². The van der Waals surface area contributed by atoms with E-state index in [0.29, 0.717) is 0 Å². The summed E-state index contributed by atoms with van der Waals surface area (Å²) in [5.41, 5.74) is -8.20. The Hall–Kier alpha value is -5.28. The van der Waals surface area contributed by atoms with E-state index in [1.165, 1.54) is 5.56 Å². The maximum absolute atomic E-state index is 15.4. The first-order valence-electron chi connectivity index (χ1n) is 13.6. The molecule has 0 radical (unpaired) electrons. The summed E-state index contributed by atoms with van der Waals surface area (Å²) in [5.74, 6) is -71.4. The molecule has 0 unspecified atom stereocenters. The van der Waals surface area contributed by atoms with Gasteiger partial charge in [0.1, 0.15) is 58.4 Å².